The standard InChI is InChI=1S/C29H33N3O2/c1-34-21-20-32-27-13-8-7-12-26(27)31-28(32)14-6-3-9-19-30-29(33)22-23-15-17-25(18-16-23)24-10-4-2-5-11-24/h2,4-5,7-8,10-13,15-18H,3,6,9,14,19-22H2,1H3,(H,30,33). The van der Waals surface area contributed by atoms with Gasteiger partial charge < -0.3 is 14.6 Å². The fraction of sp³-hybridized carbons (Fsp3) is 0.310. The first-order valence-electron chi connectivity index (χ1n) is 12.1. The zero-order valence-corrected chi connectivity index (χ0v) is 19.9. The number of nitrogens with zero attached hydrogens (tertiary/aromatic N) is 2. The molecule has 0 radical (unpaired) electrons. The highest BCUT2D eigenvalue weighted by Crippen LogP contribution is 2.20. The molecule has 1 aromatic heterocycles. The number of carbonyl (C=O) groups excluding carboxylic acids is 1. The van der Waals surface area contributed by atoms with Gasteiger partial charge in [-0.1, -0.05) is 73.2 Å². The van der Waals surface area contributed by atoms with E-state index >= 15 is 0 Å². The van der Waals surface area contributed by atoms with Gasteiger partial charge in [-0.25, -0.2) is 4.98 Å². The number of rotatable bonds is 12. The molecule has 1 N–H and O–H groups in total. The molecule has 4 rings (SSSR count). The Morgan fingerprint density at radius 2 is 1.62 bits per heavy atom. The van der Waals surface area contributed by atoms with E-state index in [9.17, 15) is 4.79 Å². The first-order chi connectivity index (χ1) is 16.7. The van der Waals surface area contributed by atoms with Gasteiger partial charge in [-0.2, -0.15) is 0 Å². The third-order valence-corrected chi connectivity index (χ3v) is 6.08. The van der Waals surface area contributed by atoms with Crippen molar-refractivity contribution in [1.29, 1.82) is 0 Å². The number of benzene rings is 3. The van der Waals surface area contributed by atoms with Crippen LogP contribution in [0.4, 0.5) is 0 Å². The van der Waals surface area contributed by atoms with Crippen molar-refractivity contribution in [1.82, 2.24) is 14.9 Å². The lowest BCUT2D eigenvalue weighted by molar-refractivity contribution is -0.120. The van der Waals surface area contributed by atoms with Crippen LogP contribution in [0.2, 0.25) is 0 Å². The number of fused-ring (bicyclic) bond motifs is 1. The summed E-state index contributed by atoms with van der Waals surface area (Å²) in [6.45, 7) is 2.20. The number of hydrogen-bond acceptors (Lipinski definition) is 3. The summed E-state index contributed by atoms with van der Waals surface area (Å²) in [5.41, 5.74) is 5.59. The Kier molecular flexibility index (Phi) is 8.47. The van der Waals surface area contributed by atoms with Crippen LogP contribution in [-0.2, 0) is 28.9 Å². The first-order valence-corrected chi connectivity index (χ1v) is 12.1. The number of aryl methyl sites for hydroxylation is 1. The summed E-state index contributed by atoms with van der Waals surface area (Å²) < 4.78 is 7.55. The summed E-state index contributed by atoms with van der Waals surface area (Å²) in [6.07, 6.45) is 4.42. The van der Waals surface area contributed by atoms with Crippen molar-refractivity contribution in [2.45, 2.75) is 38.6 Å². The minimum atomic E-state index is 0.0776. The van der Waals surface area contributed by atoms with E-state index in [0.717, 1.165) is 49.1 Å². The predicted molar refractivity (Wildman–Crippen MR) is 138 cm³/mol. The molecule has 5 heteroatoms. The molecule has 0 saturated heterocycles. The average molecular weight is 456 g/mol. The van der Waals surface area contributed by atoms with E-state index in [1.54, 1.807) is 7.11 Å². The van der Waals surface area contributed by atoms with Gasteiger partial charge in [0, 0.05) is 26.6 Å². The number of methoxy groups -OCH3 is 1. The topological polar surface area (TPSA) is 56.1 Å². The molecule has 0 aliphatic heterocycles. The van der Waals surface area contributed by atoms with Crippen molar-refractivity contribution in [3.8, 4) is 11.1 Å². The molecule has 1 heterocycles. The fourth-order valence-corrected chi connectivity index (χ4v) is 4.25. The van der Waals surface area contributed by atoms with E-state index in [4.69, 9.17) is 9.72 Å². The summed E-state index contributed by atoms with van der Waals surface area (Å²) >= 11 is 0. The Morgan fingerprint density at radius 1 is 0.882 bits per heavy atom. The predicted octanol–water partition coefficient (Wildman–Crippen LogP) is 5.42. The van der Waals surface area contributed by atoms with Gasteiger partial charge in [-0.3, -0.25) is 4.79 Å². The van der Waals surface area contributed by atoms with Gasteiger partial charge in [-0.15, -0.1) is 0 Å². The van der Waals surface area contributed by atoms with Gasteiger partial charge in [-0.05, 0) is 41.7 Å². The number of nitrogens with one attached hydrogen (secondary N) is 1. The highest BCUT2D eigenvalue weighted by atomic mass is 16.5. The molecule has 0 bridgehead atoms. The van der Waals surface area contributed by atoms with Gasteiger partial charge in [0.1, 0.15) is 5.82 Å². The van der Waals surface area contributed by atoms with E-state index < -0.39 is 0 Å². The molecule has 0 aliphatic carbocycles. The molecule has 0 aliphatic rings. The summed E-state index contributed by atoms with van der Waals surface area (Å²) in [4.78, 5) is 17.2. The van der Waals surface area contributed by atoms with Crippen LogP contribution in [0.5, 0.6) is 0 Å². The van der Waals surface area contributed by atoms with Gasteiger partial charge in [0.05, 0.1) is 24.1 Å². The molecule has 1 amide bonds. The number of amides is 1. The molecule has 34 heavy (non-hydrogen) atoms. The smallest absolute Gasteiger partial charge is 0.224 e. The molecule has 0 spiro atoms. The lowest BCUT2D eigenvalue weighted by Gasteiger charge is -2.09. The van der Waals surface area contributed by atoms with Gasteiger partial charge in [0.2, 0.25) is 5.91 Å². The maximum atomic E-state index is 12.3. The second-order valence-corrected chi connectivity index (χ2v) is 8.56. The highest BCUT2D eigenvalue weighted by molar-refractivity contribution is 5.79. The highest BCUT2D eigenvalue weighted by Gasteiger charge is 2.10. The molecular formula is C29H33N3O2. The second-order valence-electron chi connectivity index (χ2n) is 8.56. The lowest BCUT2D eigenvalue weighted by atomic mass is 10.0. The average Bonchev–Trinajstić information content (AvgIpc) is 3.23. The maximum Gasteiger partial charge on any atom is 0.224 e. The fourth-order valence-electron chi connectivity index (χ4n) is 4.25. The van der Waals surface area contributed by atoms with Crippen LogP contribution in [0.1, 0.15) is 30.7 Å². The second kappa shape index (κ2) is 12.1. The summed E-state index contributed by atoms with van der Waals surface area (Å²) in [5, 5.41) is 3.06. The third kappa shape index (κ3) is 6.33. The number of ether oxygens (including phenoxy) is 1. The SMILES string of the molecule is COCCn1c(CCCCCNC(=O)Cc2ccc(-c3ccccc3)cc2)nc2ccccc21. The summed E-state index contributed by atoms with van der Waals surface area (Å²) in [5.74, 6) is 1.19. The zero-order chi connectivity index (χ0) is 23.6. The molecule has 0 unspecified atom stereocenters. The number of carbonyl (C=O) groups is 1. The van der Waals surface area contributed by atoms with Crippen molar-refractivity contribution in [3.63, 3.8) is 0 Å². The van der Waals surface area contributed by atoms with Crippen molar-refractivity contribution in [2.24, 2.45) is 0 Å². The number of para-hydroxylation sites is 2. The van der Waals surface area contributed by atoms with E-state index in [0.29, 0.717) is 19.6 Å². The van der Waals surface area contributed by atoms with Gasteiger partial charge in [0.15, 0.2) is 0 Å². The zero-order valence-electron chi connectivity index (χ0n) is 19.9. The third-order valence-electron chi connectivity index (χ3n) is 6.08. The van der Waals surface area contributed by atoms with Crippen LogP contribution in [0.3, 0.4) is 0 Å². The Labute approximate surface area is 201 Å². The molecule has 176 valence electrons. The molecule has 0 saturated carbocycles. The van der Waals surface area contributed by atoms with Crippen molar-refractivity contribution >= 4 is 16.9 Å². The maximum absolute atomic E-state index is 12.3. The largest absolute Gasteiger partial charge is 0.383 e. The minimum absolute atomic E-state index is 0.0776. The minimum Gasteiger partial charge on any atom is -0.383 e. The van der Waals surface area contributed by atoms with Crippen LogP contribution in [0.15, 0.2) is 78.9 Å². The molecule has 5 nitrogen and oxygen atoms in total. The number of imidazole rings is 1. The molecule has 4 aromatic rings. The van der Waals surface area contributed by atoms with Crippen LogP contribution in [0, 0.1) is 0 Å². The van der Waals surface area contributed by atoms with Crippen LogP contribution < -0.4 is 5.32 Å². The number of hydrogen-bond donors (Lipinski definition) is 1. The molecule has 3 aromatic carbocycles. The van der Waals surface area contributed by atoms with Gasteiger partial charge >= 0.3 is 0 Å². The molecular weight excluding hydrogens is 422 g/mol. The lowest BCUT2D eigenvalue weighted by Crippen LogP contribution is -2.26. The number of aromatic nitrogens is 2. The van der Waals surface area contributed by atoms with Crippen molar-refractivity contribution < 1.29 is 9.53 Å². The summed E-state index contributed by atoms with van der Waals surface area (Å²) in [7, 11) is 1.73. The monoisotopic (exact) mass is 455 g/mol. The molecule has 0 fully saturated rings. The molecule has 0 atom stereocenters. The first kappa shape index (κ1) is 23.7. The Morgan fingerprint density at radius 3 is 2.41 bits per heavy atom. The summed E-state index contributed by atoms with van der Waals surface area (Å²) in [6, 6.07) is 26.8. The Hall–Kier alpha value is -3.44. The quantitative estimate of drug-likeness (QED) is 0.290. The van der Waals surface area contributed by atoms with E-state index in [1.165, 1.54) is 16.6 Å². The van der Waals surface area contributed by atoms with Gasteiger partial charge in [0.25, 0.3) is 0 Å². The van der Waals surface area contributed by atoms with Crippen LogP contribution in [0.25, 0.3) is 22.2 Å². The van der Waals surface area contributed by atoms with Crippen LogP contribution >= 0.6 is 0 Å². The Balaban J connectivity index is 1.18. The van der Waals surface area contributed by atoms with E-state index in [1.807, 2.05) is 36.4 Å². The van der Waals surface area contributed by atoms with Crippen molar-refractivity contribution in [3.05, 3.63) is 90.3 Å². The normalized spacial score (nSPS) is 11.1. The van der Waals surface area contributed by atoms with Crippen molar-refractivity contribution in [2.75, 3.05) is 20.3 Å². The van der Waals surface area contributed by atoms with E-state index in [-0.39, 0.29) is 5.91 Å². The number of unbranched alkanes of at least 4 members (excludes halogenated alkanes) is 2. The Bertz CT molecular complexity index is 1180. The van der Waals surface area contributed by atoms with E-state index in [2.05, 4.69) is 52.3 Å². The van der Waals surface area contributed by atoms with Crippen LogP contribution in [-0.4, -0.2) is 35.7 Å².